The van der Waals surface area contributed by atoms with Crippen LogP contribution in [-0.4, -0.2) is 17.4 Å². The van der Waals surface area contributed by atoms with E-state index >= 15 is 0 Å². The standard InChI is InChI=1S/C28H58O3S.2Na.2H/c1-3-5-7-9-11-13-15-17-19-21-23-25-27-30-32(29)31-28-26-24-22-20-18-16-14-12-10-8-6-4-2;;;;/h3-28H2,1-2H3;;;;/q;2*+1;2*-1. The maximum atomic E-state index is 11.7. The molecule has 0 aliphatic carbocycles. The summed E-state index contributed by atoms with van der Waals surface area (Å²) < 4.78 is 22.3. The SMILES string of the molecule is CCCCCCCCCCCCCCOS(=O)OCCCCCCCCCCCCCC.[H-].[H-].[Na+].[Na+]. The van der Waals surface area contributed by atoms with Crippen LogP contribution in [0.5, 0.6) is 0 Å². The van der Waals surface area contributed by atoms with Crippen molar-refractivity contribution in [2.24, 2.45) is 0 Å². The van der Waals surface area contributed by atoms with E-state index in [1.54, 1.807) is 0 Å². The van der Waals surface area contributed by atoms with Crippen LogP contribution in [-0.2, 0) is 19.7 Å². The smallest absolute Gasteiger partial charge is 1.00 e. The molecule has 0 atom stereocenters. The van der Waals surface area contributed by atoms with Crippen LogP contribution in [0.25, 0.3) is 0 Å². The monoisotopic (exact) mass is 522 g/mol. The van der Waals surface area contributed by atoms with E-state index in [2.05, 4.69) is 13.8 Å². The van der Waals surface area contributed by atoms with Gasteiger partial charge in [0.2, 0.25) is 0 Å². The summed E-state index contributed by atoms with van der Waals surface area (Å²) >= 11 is -1.55. The zero-order valence-corrected chi connectivity index (χ0v) is 28.8. The molecule has 6 heteroatoms. The molecule has 0 spiro atoms. The van der Waals surface area contributed by atoms with Gasteiger partial charge >= 0.3 is 70.5 Å². The third kappa shape index (κ3) is 36.2. The van der Waals surface area contributed by atoms with Crippen LogP contribution in [0.4, 0.5) is 0 Å². The van der Waals surface area contributed by atoms with Crippen LogP contribution >= 0.6 is 0 Å². The van der Waals surface area contributed by atoms with Crippen molar-refractivity contribution in [1.82, 2.24) is 0 Å². The number of unbranched alkanes of at least 4 members (excludes halogenated alkanes) is 22. The third-order valence-electron chi connectivity index (χ3n) is 6.35. The molecule has 3 nitrogen and oxygen atoms in total. The van der Waals surface area contributed by atoms with Gasteiger partial charge in [-0.1, -0.05) is 155 Å². The quantitative estimate of drug-likeness (QED) is 0.114. The topological polar surface area (TPSA) is 35.5 Å². The molecule has 0 fully saturated rings. The molecule has 0 unspecified atom stereocenters. The van der Waals surface area contributed by atoms with Gasteiger partial charge in [-0.25, -0.2) is 0 Å². The Morgan fingerprint density at radius 2 is 0.618 bits per heavy atom. The van der Waals surface area contributed by atoms with Crippen LogP contribution in [0, 0.1) is 0 Å². The van der Waals surface area contributed by atoms with Crippen LogP contribution in [0.1, 0.15) is 171 Å². The Bertz CT molecular complexity index is 353. The number of hydrogen-bond acceptors (Lipinski definition) is 3. The molecule has 0 saturated carbocycles. The maximum absolute atomic E-state index is 11.7. The zero-order chi connectivity index (χ0) is 23.4. The predicted octanol–water partition coefficient (Wildman–Crippen LogP) is 4.23. The first-order valence-corrected chi connectivity index (χ1v) is 15.5. The maximum Gasteiger partial charge on any atom is 1.00 e. The molecule has 0 heterocycles. The van der Waals surface area contributed by atoms with Gasteiger partial charge in [0.1, 0.15) is 0 Å². The molecule has 34 heavy (non-hydrogen) atoms. The van der Waals surface area contributed by atoms with Gasteiger partial charge in [-0.2, -0.15) is 4.21 Å². The van der Waals surface area contributed by atoms with Crippen molar-refractivity contribution in [1.29, 1.82) is 0 Å². The van der Waals surface area contributed by atoms with E-state index in [-0.39, 0.29) is 62.0 Å². The normalized spacial score (nSPS) is 10.9. The van der Waals surface area contributed by atoms with Crippen LogP contribution in [0.2, 0.25) is 0 Å². The molecule has 0 bridgehead atoms. The van der Waals surface area contributed by atoms with Gasteiger partial charge in [-0.15, -0.1) is 0 Å². The summed E-state index contributed by atoms with van der Waals surface area (Å²) in [6.45, 7) is 5.66. The second-order valence-electron chi connectivity index (χ2n) is 9.63. The van der Waals surface area contributed by atoms with Gasteiger partial charge in [0, 0.05) is 0 Å². The van der Waals surface area contributed by atoms with Crippen LogP contribution in [0.3, 0.4) is 0 Å². The van der Waals surface area contributed by atoms with E-state index in [1.165, 1.54) is 141 Å². The first kappa shape index (κ1) is 40.6. The van der Waals surface area contributed by atoms with Gasteiger partial charge in [-0.3, -0.25) is 8.37 Å². The van der Waals surface area contributed by atoms with Crippen molar-refractivity contribution in [3.63, 3.8) is 0 Å². The predicted molar refractivity (Wildman–Crippen MR) is 144 cm³/mol. The molecule has 0 saturated heterocycles. The van der Waals surface area contributed by atoms with E-state index in [4.69, 9.17) is 8.37 Å². The summed E-state index contributed by atoms with van der Waals surface area (Å²) in [5.74, 6) is 0. The minimum atomic E-state index is -1.55. The second kappa shape index (κ2) is 37.2. The molecule has 0 aromatic carbocycles. The fraction of sp³-hybridized carbons (Fsp3) is 1.00. The first-order valence-electron chi connectivity index (χ1n) is 14.5. The van der Waals surface area contributed by atoms with Crippen molar-refractivity contribution in [2.45, 2.75) is 168 Å². The van der Waals surface area contributed by atoms with Crippen molar-refractivity contribution in [3.8, 4) is 0 Å². The molecular weight excluding hydrogens is 462 g/mol. The molecule has 0 aromatic heterocycles. The Balaban J connectivity index is -0.000000801. The van der Waals surface area contributed by atoms with Crippen LogP contribution < -0.4 is 59.1 Å². The van der Waals surface area contributed by atoms with E-state index in [0.29, 0.717) is 13.2 Å². The summed E-state index contributed by atoms with van der Waals surface area (Å²) in [4.78, 5) is 0. The minimum absolute atomic E-state index is 0. The first-order chi connectivity index (χ1) is 15.8. The van der Waals surface area contributed by atoms with Gasteiger partial charge in [0.05, 0.1) is 13.2 Å². The second-order valence-corrected chi connectivity index (χ2v) is 10.5. The molecule has 0 N–H and O–H groups in total. The van der Waals surface area contributed by atoms with Crippen molar-refractivity contribution in [3.05, 3.63) is 0 Å². The largest absolute Gasteiger partial charge is 1.00 e. The van der Waals surface area contributed by atoms with E-state index in [9.17, 15) is 4.21 Å². The summed E-state index contributed by atoms with van der Waals surface area (Å²) in [6.07, 6.45) is 31.8. The Kier molecular flexibility index (Phi) is 44.4. The minimum Gasteiger partial charge on any atom is -1.00 e. The van der Waals surface area contributed by atoms with Crippen molar-refractivity contribution < 1.29 is 74.5 Å². The molecule has 0 radical (unpaired) electrons. The Morgan fingerprint density at radius 3 is 0.853 bits per heavy atom. The molecule has 0 aliphatic heterocycles. The fourth-order valence-electron chi connectivity index (χ4n) is 4.17. The molecule has 0 aliphatic rings. The van der Waals surface area contributed by atoms with Gasteiger partial charge in [0.15, 0.2) is 0 Å². The van der Waals surface area contributed by atoms with Crippen LogP contribution in [0.15, 0.2) is 0 Å². The molecule has 0 rings (SSSR count). The Hall–Kier alpha value is 2.07. The van der Waals surface area contributed by atoms with Crippen molar-refractivity contribution in [2.75, 3.05) is 13.2 Å². The van der Waals surface area contributed by atoms with E-state index in [0.717, 1.165) is 12.8 Å². The molecule has 0 amide bonds. The Morgan fingerprint density at radius 1 is 0.412 bits per heavy atom. The summed E-state index contributed by atoms with van der Waals surface area (Å²) in [5.41, 5.74) is 0. The Labute approximate surface area is 264 Å². The molecule has 0 aromatic rings. The fourth-order valence-corrected chi connectivity index (χ4v) is 4.75. The van der Waals surface area contributed by atoms with Gasteiger partial charge in [-0.05, 0) is 12.8 Å². The number of rotatable bonds is 28. The average molecular weight is 523 g/mol. The summed E-state index contributed by atoms with van der Waals surface area (Å²) in [7, 11) is 0. The third-order valence-corrected chi connectivity index (χ3v) is 7.07. The molecule has 198 valence electrons. The zero-order valence-electron chi connectivity index (χ0n) is 26.0. The van der Waals surface area contributed by atoms with Gasteiger partial charge in [0.25, 0.3) is 0 Å². The van der Waals surface area contributed by atoms with E-state index < -0.39 is 11.4 Å². The summed E-state index contributed by atoms with van der Waals surface area (Å²) in [6, 6.07) is 0. The summed E-state index contributed by atoms with van der Waals surface area (Å²) in [5, 5.41) is 0. The number of hydrogen-bond donors (Lipinski definition) is 0. The van der Waals surface area contributed by atoms with Crippen molar-refractivity contribution >= 4 is 11.4 Å². The van der Waals surface area contributed by atoms with E-state index in [1.807, 2.05) is 0 Å². The average Bonchev–Trinajstić information content (AvgIpc) is 2.80. The molecular formula is C28H60Na2O3S. The van der Waals surface area contributed by atoms with Gasteiger partial charge < -0.3 is 2.85 Å².